The number of alkyl halides is 3. The predicted molar refractivity (Wildman–Crippen MR) is 112 cm³/mol. The molecule has 7 nitrogen and oxygen atoms in total. The number of ether oxygens (including phenoxy) is 1. The van der Waals surface area contributed by atoms with E-state index in [9.17, 15) is 22.8 Å². The molecule has 168 valence electrons. The number of halogens is 3. The van der Waals surface area contributed by atoms with Crippen molar-refractivity contribution in [2.45, 2.75) is 25.7 Å². The monoisotopic (exact) mass is 446 g/mol. The minimum Gasteiger partial charge on any atom is -0.406 e. The number of H-pyrrole nitrogens is 1. The number of urea groups is 1. The maximum absolute atomic E-state index is 12.5. The van der Waals surface area contributed by atoms with Gasteiger partial charge in [-0.2, -0.15) is 0 Å². The topological polar surface area (TPSA) is 86.5 Å². The molecule has 0 radical (unpaired) electrons. The summed E-state index contributed by atoms with van der Waals surface area (Å²) in [5.41, 5.74) is 3.63. The Hall–Kier alpha value is -3.69. The van der Waals surface area contributed by atoms with Gasteiger partial charge in [-0.1, -0.05) is 18.2 Å². The van der Waals surface area contributed by atoms with E-state index in [-0.39, 0.29) is 30.7 Å². The van der Waals surface area contributed by atoms with Gasteiger partial charge in [-0.3, -0.25) is 4.79 Å². The molecule has 3 N–H and O–H groups in total. The van der Waals surface area contributed by atoms with E-state index in [1.165, 1.54) is 23.1 Å². The van der Waals surface area contributed by atoms with Crippen LogP contribution in [0, 0.1) is 0 Å². The van der Waals surface area contributed by atoms with Crippen LogP contribution >= 0.6 is 0 Å². The van der Waals surface area contributed by atoms with Gasteiger partial charge in [-0.25, -0.2) is 4.79 Å². The number of nitrogens with zero attached hydrogens (tertiary/aromatic N) is 1. The Morgan fingerprint density at radius 1 is 1.09 bits per heavy atom. The van der Waals surface area contributed by atoms with Crippen LogP contribution in [-0.4, -0.2) is 41.3 Å². The molecule has 0 aliphatic carbocycles. The van der Waals surface area contributed by atoms with Crippen molar-refractivity contribution in [2.75, 3.05) is 18.4 Å². The first-order valence-corrected chi connectivity index (χ1v) is 10.1. The van der Waals surface area contributed by atoms with Gasteiger partial charge >= 0.3 is 12.4 Å². The zero-order valence-corrected chi connectivity index (χ0v) is 17.0. The average Bonchev–Trinajstić information content (AvgIpc) is 3.12. The highest BCUT2D eigenvalue weighted by Gasteiger charge is 2.31. The summed E-state index contributed by atoms with van der Waals surface area (Å²) in [6.07, 6.45) is -3.99. The standard InChI is InChI=1S/C22H21F3N4O3/c23-22(24,25)32-15-7-5-14(6-8-15)27-20(30)9-11-26-21(31)29-12-10-17-16-3-1-2-4-18(16)28-19(17)13-29/h1-8,28H,9-13H2,(H,26,31)(H,27,30). The number of aromatic amines is 1. The summed E-state index contributed by atoms with van der Waals surface area (Å²) in [7, 11) is 0. The smallest absolute Gasteiger partial charge is 0.406 e. The third-order valence-electron chi connectivity index (χ3n) is 5.17. The summed E-state index contributed by atoms with van der Waals surface area (Å²) in [5.74, 6) is -0.742. The first-order valence-electron chi connectivity index (χ1n) is 10.1. The third kappa shape index (κ3) is 5.13. The molecular formula is C22H21F3N4O3. The molecule has 4 rings (SSSR count). The number of aromatic nitrogens is 1. The highest BCUT2D eigenvalue weighted by molar-refractivity contribution is 5.91. The molecule has 3 amide bonds. The second kappa shape index (κ2) is 8.81. The van der Waals surface area contributed by atoms with Crippen LogP contribution in [0.15, 0.2) is 48.5 Å². The number of para-hydroxylation sites is 1. The number of rotatable bonds is 5. The van der Waals surface area contributed by atoms with Crippen LogP contribution in [0.1, 0.15) is 17.7 Å². The Balaban J connectivity index is 1.23. The first-order chi connectivity index (χ1) is 15.3. The molecular weight excluding hydrogens is 425 g/mol. The fraction of sp³-hybridized carbons (Fsp3) is 0.273. The maximum atomic E-state index is 12.5. The number of benzene rings is 2. The van der Waals surface area contributed by atoms with Crippen molar-refractivity contribution in [3.63, 3.8) is 0 Å². The molecule has 3 aromatic rings. The fourth-order valence-electron chi connectivity index (χ4n) is 3.72. The largest absolute Gasteiger partial charge is 0.573 e. The molecule has 10 heteroatoms. The molecule has 0 unspecified atom stereocenters. The van der Waals surface area contributed by atoms with Crippen LogP contribution in [0.3, 0.4) is 0 Å². The minimum absolute atomic E-state index is 0.0258. The number of hydrogen-bond donors (Lipinski definition) is 3. The normalized spacial score (nSPS) is 13.5. The van der Waals surface area contributed by atoms with Crippen LogP contribution in [0.25, 0.3) is 10.9 Å². The lowest BCUT2D eigenvalue weighted by molar-refractivity contribution is -0.274. The first kappa shape index (κ1) is 21.5. The molecule has 0 fully saturated rings. The zero-order valence-electron chi connectivity index (χ0n) is 17.0. The van der Waals surface area contributed by atoms with E-state index in [1.807, 2.05) is 18.2 Å². The Kier molecular flexibility index (Phi) is 5.93. The molecule has 1 aliphatic heterocycles. The van der Waals surface area contributed by atoms with E-state index in [0.717, 1.165) is 29.8 Å². The van der Waals surface area contributed by atoms with E-state index in [0.29, 0.717) is 18.8 Å². The van der Waals surface area contributed by atoms with Crippen LogP contribution in [-0.2, 0) is 17.8 Å². The zero-order chi connectivity index (χ0) is 22.7. The summed E-state index contributed by atoms with van der Waals surface area (Å²) in [6, 6.07) is 12.6. The van der Waals surface area contributed by atoms with Crippen molar-refractivity contribution in [3.8, 4) is 5.75 Å². The maximum Gasteiger partial charge on any atom is 0.573 e. The molecule has 0 bridgehead atoms. The number of hydrogen-bond acceptors (Lipinski definition) is 3. The van der Waals surface area contributed by atoms with E-state index in [1.54, 1.807) is 4.90 Å². The number of carbonyl (C=O) groups is 2. The fourth-order valence-corrected chi connectivity index (χ4v) is 3.72. The molecule has 32 heavy (non-hydrogen) atoms. The molecule has 2 aromatic carbocycles. The molecule has 0 spiro atoms. The Labute approximate surface area is 181 Å². The molecule has 0 saturated carbocycles. The number of carbonyl (C=O) groups excluding carboxylic acids is 2. The van der Waals surface area contributed by atoms with Crippen molar-refractivity contribution in [1.29, 1.82) is 0 Å². The van der Waals surface area contributed by atoms with E-state index < -0.39 is 6.36 Å². The van der Waals surface area contributed by atoms with Crippen LogP contribution in [0.2, 0.25) is 0 Å². The van der Waals surface area contributed by atoms with E-state index in [4.69, 9.17) is 0 Å². The number of anilines is 1. The molecule has 0 saturated heterocycles. The van der Waals surface area contributed by atoms with Crippen LogP contribution in [0.5, 0.6) is 5.75 Å². The Morgan fingerprint density at radius 3 is 2.59 bits per heavy atom. The van der Waals surface area contributed by atoms with Gasteiger partial charge in [0.1, 0.15) is 5.75 Å². The molecule has 0 atom stereocenters. The molecule has 2 heterocycles. The Bertz CT molecular complexity index is 1130. The SMILES string of the molecule is O=C(CCNC(=O)N1CCc2c([nH]c3ccccc23)C1)Nc1ccc(OC(F)(F)F)cc1. The average molecular weight is 446 g/mol. The number of fused-ring (bicyclic) bond motifs is 3. The molecule has 1 aliphatic rings. The third-order valence-corrected chi connectivity index (χ3v) is 5.17. The lowest BCUT2D eigenvalue weighted by Crippen LogP contribution is -2.43. The summed E-state index contributed by atoms with van der Waals surface area (Å²) < 4.78 is 40.3. The highest BCUT2D eigenvalue weighted by atomic mass is 19.4. The van der Waals surface area contributed by atoms with Crippen molar-refractivity contribution >= 4 is 28.5 Å². The van der Waals surface area contributed by atoms with E-state index >= 15 is 0 Å². The van der Waals surface area contributed by atoms with Crippen molar-refractivity contribution in [1.82, 2.24) is 15.2 Å². The van der Waals surface area contributed by atoms with Gasteiger partial charge in [0, 0.05) is 41.8 Å². The predicted octanol–water partition coefficient (Wildman–Crippen LogP) is 4.16. The van der Waals surface area contributed by atoms with Gasteiger partial charge < -0.3 is 25.3 Å². The second-order valence-corrected chi connectivity index (χ2v) is 7.40. The van der Waals surface area contributed by atoms with Gasteiger partial charge in [0.2, 0.25) is 5.91 Å². The summed E-state index contributed by atoms with van der Waals surface area (Å²) in [6.45, 7) is 1.18. The van der Waals surface area contributed by atoms with Crippen molar-refractivity contribution in [2.24, 2.45) is 0 Å². The molecule has 1 aromatic heterocycles. The summed E-state index contributed by atoms with van der Waals surface area (Å²) >= 11 is 0. The second-order valence-electron chi connectivity index (χ2n) is 7.40. The summed E-state index contributed by atoms with van der Waals surface area (Å²) in [4.78, 5) is 29.6. The lowest BCUT2D eigenvalue weighted by atomic mass is 10.0. The van der Waals surface area contributed by atoms with Gasteiger partial charge in [0.15, 0.2) is 0 Å². The van der Waals surface area contributed by atoms with Crippen molar-refractivity contribution in [3.05, 3.63) is 59.8 Å². The van der Waals surface area contributed by atoms with Crippen LogP contribution < -0.4 is 15.4 Å². The van der Waals surface area contributed by atoms with Crippen LogP contribution in [0.4, 0.5) is 23.7 Å². The van der Waals surface area contributed by atoms with Crippen molar-refractivity contribution < 1.29 is 27.5 Å². The minimum atomic E-state index is -4.77. The number of nitrogens with one attached hydrogen (secondary N) is 3. The van der Waals surface area contributed by atoms with Gasteiger partial charge in [0.05, 0.1) is 6.54 Å². The lowest BCUT2D eigenvalue weighted by Gasteiger charge is -2.27. The highest BCUT2D eigenvalue weighted by Crippen LogP contribution is 2.27. The van der Waals surface area contributed by atoms with Gasteiger partial charge in [0.25, 0.3) is 0 Å². The Morgan fingerprint density at radius 2 is 1.84 bits per heavy atom. The number of amides is 3. The van der Waals surface area contributed by atoms with E-state index in [2.05, 4.69) is 26.4 Å². The van der Waals surface area contributed by atoms with Gasteiger partial charge in [-0.15, -0.1) is 13.2 Å². The quantitative estimate of drug-likeness (QED) is 0.550. The summed E-state index contributed by atoms with van der Waals surface area (Å²) in [5, 5.41) is 6.48. The van der Waals surface area contributed by atoms with Gasteiger partial charge in [-0.05, 0) is 42.3 Å².